The monoisotopic (exact) mass is 640 g/mol. The van der Waals surface area contributed by atoms with Gasteiger partial charge in [-0.05, 0) is 57.9 Å². The van der Waals surface area contributed by atoms with Crippen LogP contribution < -0.4 is 19.6 Å². The van der Waals surface area contributed by atoms with E-state index in [2.05, 4.69) is 26.5 Å². The van der Waals surface area contributed by atoms with Crippen LogP contribution in [0.3, 0.4) is 0 Å². The maximum Gasteiger partial charge on any atom is 0.277 e. The third-order valence-electron chi connectivity index (χ3n) is 5.22. The van der Waals surface area contributed by atoms with E-state index >= 15 is 0 Å². The predicted octanol–water partition coefficient (Wildman–Crippen LogP) is 7.35. The lowest BCUT2D eigenvalue weighted by atomic mass is 10.2. The van der Waals surface area contributed by atoms with Crippen LogP contribution in [0.15, 0.2) is 64.2 Å². The molecule has 0 radical (unpaired) electrons. The number of amides is 1. The highest BCUT2D eigenvalue weighted by molar-refractivity contribution is 9.10. The molecule has 0 spiro atoms. The highest BCUT2D eigenvalue weighted by Crippen LogP contribution is 2.45. The molecule has 3 aromatic rings. The number of thioether (sulfide) groups is 2. The van der Waals surface area contributed by atoms with Crippen LogP contribution >= 0.6 is 62.7 Å². The van der Waals surface area contributed by atoms with Gasteiger partial charge in [0.2, 0.25) is 0 Å². The van der Waals surface area contributed by atoms with Gasteiger partial charge in [-0.15, -0.1) is 23.5 Å². The van der Waals surface area contributed by atoms with Crippen molar-refractivity contribution in [3.05, 3.63) is 85.8 Å². The molecule has 1 aliphatic heterocycles. The van der Waals surface area contributed by atoms with E-state index in [9.17, 15) is 4.79 Å². The minimum Gasteiger partial charge on any atom is -0.493 e. The summed E-state index contributed by atoms with van der Waals surface area (Å²) in [4.78, 5) is 12.2. The Bertz CT molecular complexity index is 1270. The smallest absolute Gasteiger partial charge is 0.277 e. The van der Waals surface area contributed by atoms with Crippen molar-refractivity contribution >= 4 is 74.8 Å². The molecule has 6 nitrogen and oxygen atoms in total. The van der Waals surface area contributed by atoms with Crippen molar-refractivity contribution in [3.8, 4) is 17.2 Å². The number of nitrogens with one attached hydrogen (secondary N) is 1. The van der Waals surface area contributed by atoms with Gasteiger partial charge in [0.25, 0.3) is 5.91 Å². The topological polar surface area (TPSA) is 69.2 Å². The normalized spacial score (nSPS) is 13.6. The Morgan fingerprint density at radius 1 is 1.08 bits per heavy atom. The van der Waals surface area contributed by atoms with Gasteiger partial charge < -0.3 is 14.2 Å². The molecule has 11 heteroatoms. The number of hydrogen-bond donors (Lipinski definition) is 1. The molecule has 0 atom stereocenters. The highest BCUT2D eigenvalue weighted by Gasteiger charge is 2.18. The van der Waals surface area contributed by atoms with Gasteiger partial charge in [0.05, 0.1) is 17.9 Å². The van der Waals surface area contributed by atoms with E-state index in [0.717, 1.165) is 5.56 Å². The Morgan fingerprint density at radius 2 is 1.84 bits per heavy atom. The summed E-state index contributed by atoms with van der Waals surface area (Å²) in [5, 5.41) is 5.11. The third-order valence-corrected chi connectivity index (χ3v) is 9.60. The Kier molecular flexibility index (Phi) is 10.3. The molecule has 0 unspecified atom stereocenters. The molecule has 0 bridgehead atoms. The lowest BCUT2D eigenvalue weighted by Gasteiger charge is -2.13. The fourth-order valence-corrected chi connectivity index (χ4v) is 7.09. The fourth-order valence-electron chi connectivity index (χ4n) is 3.34. The first-order valence-corrected chi connectivity index (χ1v) is 14.8. The maximum atomic E-state index is 12.2. The first-order chi connectivity index (χ1) is 17.9. The first kappa shape index (κ1) is 28.0. The molecule has 1 heterocycles. The number of hydrazone groups is 1. The van der Waals surface area contributed by atoms with Gasteiger partial charge in [-0.1, -0.05) is 41.4 Å². The van der Waals surface area contributed by atoms with Gasteiger partial charge >= 0.3 is 0 Å². The second-order valence-corrected chi connectivity index (χ2v) is 12.2. The second kappa shape index (κ2) is 13.7. The lowest BCUT2D eigenvalue weighted by Crippen LogP contribution is -2.24. The van der Waals surface area contributed by atoms with Crippen LogP contribution in [0.25, 0.3) is 0 Å². The van der Waals surface area contributed by atoms with Gasteiger partial charge in [-0.3, -0.25) is 4.79 Å². The number of carbonyl (C=O) groups is 1. The van der Waals surface area contributed by atoms with Crippen LogP contribution in [0, 0.1) is 0 Å². The Morgan fingerprint density at radius 3 is 2.54 bits per heavy atom. The van der Waals surface area contributed by atoms with Crippen molar-refractivity contribution in [3.63, 3.8) is 0 Å². The van der Waals surface area contributed by atoms with Crippen LogP contribution in [-0.4, -0.2) is 37.3 Å². The molecule has 1 aliphatic rings. The average molecular weight is 642 g/mol. The largest absolute Gasteiger partial charge is 0.493 e. The van der Waals surface area contributed by atoms with E-state index in [0.29, 0.717) is 41.9 Å². The average Bonchev–Trinajstić information content (AvgIpc) is 3.43. The van der Waals surface area contributed by atoms with Crippen LogP contribution in [0.4, 0.5) is 0 Å². The summed E-state index contributed by atoms with van der Waals surface area (Å²) < 4.78 is 18.1. The quantitative estimate of drug-likeness (QED) is 0.184. The van der Waals surface area contributed by atoms with Crippen LogP contribution in [0.2, 0.25) is 10.0 Å². The summed E-state index contributed by atoms with van der Waals surface area (Å²) in [7, 11) is 1.55. The van der Waals surface area contributed by atoms with E-state index in [4.69, 9.17) is 37.4 Å². The van der Waals surface area contributed by atoms with Crippen molar-refractivity contribution in [1.29, 1.82) is 0 Å². The molecule has 3 aromatic carbocycles. The Hall–Kier alpha value is -2.04. The molecule has 1 fully saturated rings. The molecule has 0 aromatic heterocycles. The number of hydrogen-bond acceptors (Lipinski definition) is 7. The van der Waals surface area contributed by atoms with E-state index in [1.54, 1.807) is 31.4 Å². The maximum absolute atomic E-state index is 12.2. The summed E-state index contributed by atoms with van der Waals surface area (Å²) in [6.07, 6.45) is 1.51. The van der Waals surface area contributed by atoms with Crippen molar-refractivity contribution in [2.24, 2.45) is 5.10 Å². The molecular formula is C26H23BrCl2N2O4S2. The van der Waals surface area contributed by atoms with E-state index < -0.39 is 0 Å². The predicted molar refractivity (Wildman–Crippen MR) is 157 cm³/mol. The zero-order chi connectivity index (χ0) is 26.2. The van der Waals surface area contributed by atoms with Gasteiger partial charge in [0, 0.05) is 37.2 Å². The third kappa shape index (κ3) is 7.97. The number of nitrogens with zero attached hydrogens (tertiary/aromatic N) is 1. The lowest BCUT2D eigenvalue weighted by molar-refractivity contribution is -0.123. The van der Waals surface area contributed by atoms with Crippen LogP contribution in [0.5, 0.6) is 17.2 Å². The summed E-state index contributed by atoms with van der Waals surface area (Å²) in [6, 6.07) is 16.6. The second-order valence-electron chi connectivity index (χ2n) is 7.77. The molecule has 1 N–H and O–H groups in total. The van der Waals surface area contributed by atoms with Crippen molar-refractivity contribution in [2.75, 3.05) is 25.2 Å². The molecule has 4 rings (SSSR count). The summed E-state index contributed by atoms with van der Waals surface area (Å²) in [5.74, 6) is 3.64. The number of halogens is 3. The van der Waals surface area contributed by atoms with Crippen molar-refractivity contribution in [2.45, 2.75) is 11.2 Å². The zero-order valence-electron chi connectivity index (χ0n) is 19.7. The number of methoxy groups -OCH3 is 1. The SMILES string of the molecule is COc1cc(/C=N\NC(=O)COc2ccc(C3SCCS3)cc2)c(Br)cc1OCc1ccc(Cl)cc1Cl. The van der Waals surface area contributed by atoms with Crippen LogP contribution in [-0.2, 0) is 11.4 Å². The summed E-state index contributed by atoms with van der Waals surface area (Å²) in [6.45, 7) is 0.0949. The minimum atomic E-state index is -0.370. The number of carbonyl (C=O) groups excluding carboxylic acids is 1. The number of benzene rings is 3. The minimum absolute atomic E-state index is 0.145. The summed E-state index contributed by atoms with van der Waals surface area (Å²) >= 11 is 19.6. The molecule has 0 aliphatic carbocycles. The fraction of sp³-hybridized carbons (Fsp3) is 0.231. The molecule has 1 amide bonds. The number of ether oxygens (including phenoxy) is 3. The molecular weight excluding hydrogens is 619 g/mol. The number of rotatable bonds is 10. The van der Waals surface area contributed by atoms with E-state index in [-0.39, 0.29) is 19.1 Å². The standard InChI is InChI=1S/C26H23BrCl2N2O4S2/c1-33-23-10-18(21(27)12-24(23)35-14-17-2-5-19(28)11-22(17)29)13-30-31-25(32)15-34-20-6-3-16(4-7-20)26-36-8-9-37-26/h2-7,10-13,26H,8-9,14-15H2,1H3,(H,31,32)/b30-13-. The van der Waals surface area contributed by atoms with Crippen molar-refractivity contribution < 1.29 is 19.0 Å². The zero-order valence-corrected chi connectivity index (χ0v) is 24.4. The summed E-state index contributed by atoms with van der Waals surface area (Å²) in [5.41, 5.74) is 5.22. The Balaban J connectivity index is 1.29. The molecule has 194 valence electrons. The highest BCUT2D eigenvalue weighted by atomic mass is 79.9. The van der Waals surface area contributed by atoms with E-state index in [1.807, 2.05) is 53.9 Å². The van der Waals surface area contributed by atoms with Gasteiger partial charge in [0.1, 0.15) is 12.4 Å². The van der Waals surface area contributed by atoms with E-state index in [1.165, 1.54) is 23.3 Å². The van der Waals surface area contributed by atoms with Gasteiger partial charge in [0.15, 0.2) is 18.1 Å². The van der Waals surface area contributed by atoms with Gasteiger partial charge in [-0.2, -0.15) is 5.10 Å². The van der Waals surface area contributed by atoms with Gasteiger partial charge in [-0.25, -0.2) is 5.43 Å². The first-order valence-electron chi connectivity index (χ1n) is 11.1. The van der Waals surface area contributed by atoms with Crippen LogP contribution in [0.1, 0.15) is 21.3 Å². The molecule has 37 heavy (non-hydrogen) atoms. The molecule has 0 saturated carbocycles. The Labute approximate surface area is 242 Å². The molecule has 1 saturated heterocycles. The van der Waals surface area contributed by atoms with Crippen molar-refractivity contribution in [1.82, 2.24) is 5.43 Å².